The summed E-state index contributed by atoms with van der Waals surface area (Å²) in [6.07, 6.45) is 3.17. The average Bonchev–Trinajstić information content (AvgIpc) is 2.86. The Hall–Kier alpha value is -3.55. The molecule has 0 spiro atoms. The Morgan fingerprint density at radius 2 is 1.43 bits per heavy atom. The number of carbonyl (C=O) groups excluding carboxylic acids is 3. The quantitative estimate of drug-likeness (QED) is 0.586. The van der Waals surface area contributed by atoms with Crippen LogP contribution in [-0.4, -0.2) is 48.9 Å². The van der Waals surface area contributed by atoms with E-state index in [1.165, 1.54) is 6.07 Å². The molecule has 0 atom stereocenters. The number of nitrogens with zero attached hydrogens (tertiary/aromatic N) is 1. The van der Waals surface area contributed by atoms with Crippen LogP contribution >= 0.6 is 0 Å². The van der Waals surface area contributed by atoms with Crippen LogP contribution in [0.2, 0.25) is 0 Å². The summed E-state index contributed by atoms with van der Waals surface area (Å²) in [5.41, 5.74) is 6.69. The molecule has 1 heterocycles. The third-order valence-electron chi connectivity index (χ3n) is 5.87. The number of hydrogen-bond acceptors (Lipinski definition) is 5. The lowest BCUT2D eigenvalue weighted by Crippen LogP contribution is -2.41. The first-order valence-electron chi connectivity index (χ1n) is 12.1. The Kier molecular flexibility index (Phi) is 8.73. The van der Waals surface area contributed by atoms with Gasteiger partial charge >= 0.3 is 0 Å². The van der Waals surface area contributed by atoms with Gasteiger partial charge in [0.05, 0.1) is 6.61 Å². The van der Waals surface area contributed by atoms with Crippen molar-refractivity contribution in [1.82, 2.24) is 15.8 Å². The Balaban J connectivity index is 1.59. The summed E-state index contributed by atoms with van der Waals surface area (Å²) in [5.74, 6) is -0.235. The largest absolute Gasteiger partial charge is 0.490 e. The van der Waals surface area contributed by atoms with Crippen molar-refractivity contribution in [3.63, 3.8) is 0 Å². The standard InChI is InChI=1S/C27H35N3O5/c1-5-34-23-17-20(11-14-22(23)35-18-24(31)30-15-7-6-8-16-30)26(33)29-28-25(32)19-9-12-21(13-10-19)27(2,3)4/h9-14,17H,5-8,15-16,18H2,1-4H3,(H,28,32)(H,29,33). The van der Waals surface area contributed by atoms with E-state index in [1.807, 2.05) is 24.0 Å². The Morgan fingerprint density at radius 1 is 0.829 bits per heavy atom. The third-order valence-corrected chi connectivity index (χ3v) is 5.87. The molecule has 1 fully saturated rings. The van der Waals surface area contributed by atoms with E-state index < -0.39 is 11.8 Å². The van der Waals surface area contributed by atoms with Gasteiger partial charge in [-0.3, -0.25) is 25.2 Å². The molecule has 2 aromatic carbocycles. The lowest BCUT2D eigenvalue weighted by atomic mass is 9.87. The minimum Gasteiger partial charge on any atom is -0.490 e. The van der Waals surface area contributed by atoms with E-state index in [1.54, 1.807) is 24.3 Å². The molecule has 0 radical (unpaired) electrons. The predicted octanol–water partition coefficient (Wildman–Crippen LogP) is 3.85. The van der Waals surface area contributed by atoms with Crippen LogP contribution in [0.3, 0.4) is 0 Å². The van der Waals surface area contributed by atoms with Gasteiger partial charge in [0.25, 0.3) is 17.7 Å². The molecule has 2 aromatic rings. The van der Waals surface area contributed by atoms with Gasteiger partial charge in [0, 0.05) is 24.2 Å². The minimum atomic E-state index is -0.499. The van der Waals surface area contributed by atoms with Crippen LogP contribution in [0.15, 0.2) is 42.5 Å². The number of rotatable bonds is 7. The summed E-state index contributed by atoms with van der Waals surface area (Å²) in [6.45, 7) is 9.91. The Morgan fingerprint density at radius 3 is 2.03 bits per heavy atom. The highest BCUT2D eigenvalue weighted by atomic mass is 16.5. The van der Waals surface area contributed by atoms with Crippen LogP contribution in [0.4, 0.5) is 0 Å². The molecule has 2 N–H and O–H groups in total. The van der Waals surface area contributed by atoms with Crippen molar-refractivity contribution in [1.29, 1.82) is 0 Å². The smallest absolute Gasteiger partial charge is 0.269 e. The maximum Gasteiger partial charge on any atom is 0.269 e. The monoisotopic (exact) mass is 481 g/mol. The summed E-state index contributed by atoms with van der Waals surface area (Å²) in [5, 5.41) is 0. The molecule has 0 aliphatic carbocycles. The molecule has 1 aliphatic rings. The second-order valence-corrected chi connectivity index (χ2v) is 9.56. The third kappa shape index (κ3) is 7.21. The van der Waals surface area contributed by atoms with Crippen LogP contribution in [0.5, 0.6) is 11.5 Å². The molecule has 0 unspecified atom stereocenters. The predicted molar refractivity (Wildman–Crippen MR) is 134 cm³/mol. The molecule has 35 heavy (non-hydrogen) atoms. The summed E-state index contributed by atoms with van der Waals surface area (Å²) in [7, 11) is 0. The molecule has 1 aliphatic heterocycles. The van der Waals surface area contributed by atoms with Crippen molar-refractivity contribution in [2.45, 2.75) is 52.4 Å². The molecule has 8 heteroatoms. The molecule has 0 saturated carbocycles. The van der Waals surface area contributed by atoms with Crippen molar-refractivity contribution in [2.75, 3.05) is 26.3 Å². The first-order chi connectivity index (χ1) is 16.7. The van der Waals surface area contributed by atoms with Crippen molar-refractivity contribution >= 4 is 17.7 Å². The highest BCUT2D eigenvalue weighted by molar-refractivity contribution is 5.99. The zero-order valence-corrected chi connectivity index (χ0v) is 21.0. The maximum atomic E-state index is 12.6. The number of amides is 3. The number of benzene rings is 2. The molecular formula is C27H35N3O5. The topological polar surface area (TPSA) is 97.0 Å². The number of likely N-dealkylation sites (tertiary alicyclic amines) is 1. The second-order valence-electron chi connectivity index (χ2n) is 9.56. The Labute approximate surface area is 206 Å². The van der Waals surface area contributed by atoms with E-state index in [2.05, 4.69) is 31.6 Å². The lowest BCUT2D eigenvalue weighted by Gasteiger charge is -2.26. The van der Waals surface area contributed by atoms with Gasteiger partial charge in [-0.1, -0.05) is 32.9 Å². The van der Waals surface area contributed by atoms with Crippen LogP contribution in [0.1, 0.15) is 73.2 Å². The van der Waals surface area contributed by atoms with E-state index in [0.29, 0.717) is 23.7 Å². The lowest BCUT2D eigenvalue weighted by molar-refractivity contribution is -0.134. The first-order valence-corrected chi connectivity index (χ1v) is 12.1. The first kappa shape index (κ1) is 26.1. The highest BCUT2D eigenvalue weighted by Gasteiger charge is 2.19. The number of ether oxygens (including phenoxy) is 2. The van der Waals surface area contributed by atoms with Crippen molar-refractivity contribution in [2.24, 2.45) is 0 Å². The molecule has 1 saturated heterocycles. The van der Waals surface area contributed by atoms with Crippen molar-refractivity contribution < 1.29 is 23.9 Å². The fourth-order valence-electron chi connectivity index (χ4n) is 3.79. The van der Waals surface area contributed by atoms with E-state index >= 15 is 0 Å². The van der Waals surface area contributed by atoms with Crippen LogP contribution < -0.4 is 20.3 Å². The molecule has 0 bridgehead atoms. The number of carbonyl (C=O) groups is 3. The SMILES string of the molecule is CCOc1cc(C(=O)NNC(=O)c2ccc(C(C)(C)C)cc2)ccc1OCC(=O)N1CCCCC1. The summed E-state index contributed by atoms with van der Waals surface area (Å²) in [6, 6.07) is 11.9. The molecule has 3 amide bonds. The summed E-state index contributed by atoms with van der Waals surface area (Å²) >= 11 is 0. The molecule has 8 nitrogen and oxygen atoms in total. The molecule has 0 aromatic heterocycles. The van der Waals surface area contributed by atoms with Gasteiger partial charge in [0.2, 0.25) is 0 Å². The van der Waals surface area contributed by atoms with Crippen LogP contribution in [0.25, 0.3) is 0 Å². The van der Waals surface area contributed by atoms with E-state index in [4.69, 9.17) is 9.47 Å². The second kappa shape index (κ2) is 11.7. The summed E-state index contributed by atoms with van der Waals surface area (Å²) < 4.78 is 11.3. The van der Waals surface area contributed by atoms with Crippen molar-refractivity contribution in [3.8, 4) is 11.5 Å². The summed E-state index contributed by atoms with van der Waals surface area (Å²) in [4.78, 5) is 39.3. The van der Waals surface area contributed by atoms with Gasteiger partial charge in [-0.05, 0) is 67.5 Å². The van der Waals surface area contributed by atoms with E-state index in [-0.39, 0.29) is 23.5 Å². The zero-order chi connectivity index (χ0) is 25.4. The van der Waals surface area contributed by atoms with Gasteiger partial charge < -0.3 is 14.4 Å². The fourth-order valence-corrected chi connectivity index (χ4v) is 3.79. The van der Waals surface area contributed by atoms with E-state index in [9.17, 15) is 14.4 Å². The van der Waals surface area contributed by atoms with Gasteiger partial charge in [-0.15, -0.1) is 0 Å². The Bertz CT molecular complexity index is 1040. The van der Waals surface area contributed by atoms with Crippen LogP contribution in [-0.2, 0) is 10.2 Å². The van der Waals surface area contributed by atoms with Gasteiger partial charge in [0.1, 0.15) is 0 Å². The number of hydrazine groups is 1. The fraction of sp³-hybridized carbons (Fsp3) is 0.444. The normalized spacial score (nSPS) is 13.7. The minimum absolute atomic E-state index is 0.0157. The zero-order valence-electron chi connectivity index (χ0n) is 21.0. The van der Waals surface area contributed by atoms with Gasteiger partial charge in [0.15, 0.2) is 18.1 Å². The maximum absolute atomic E-state index is 12.6. The van der Waals surface area contributed by atoms with Gasteiger partial charge in [-0.2, -0.15) is 0 Å². The van der Waals surface area contributed by atoms with Gasteiger partial charge in [-0.25, -0.2) is 0 Å². The van der Waals surface area contributed by atoms with Crippen LogP contribution in [0, 0.1) is 0 Å². The number of nitrogens with one attached hydrogen (secondary N) is 2. The molecular weight excluding hydrogens is 446 g/mol. The van der Waals surface area contributed by atoms with E-state index in [0.717, 1.165) is 37.9 Å². The molecule has 3 rings (SSSR count). The average molecular weight is 482 g/mol. The highest BCUT2D eigenvalue weighted by Crippen LogP contribution is 2.29. The van der Waals surface area contributed by atoms with Crippen molar-refractivity contribution in [3.05, 3.63) is 59.2 Å². The number of piperidine rings is 1. The number of hydrogen-bond donors (Lipinski definition) is 2. The molecule has 188 valence electrons.